The quantitative estimate of drug-likeness (QED) is 0.813. The molecule has 0 unspecified atom stereocenters. The van der Waals surface area contributed by atoms with Crippen LogP contribution in [-0.2, 0) is 0 Å². The van der Waals surface area contributed by atoms with Gasteiger partial charge in [0.15, 0.2) is 11.5 Å². The van der Waals surface area contributed by atoms with Crippen LogP contribution in [0.1, 0.15) is 32.8 Å². The van der Waals surface area contributed by atoms with Crippen molar-refractivity contribution < 1.29 is 15.4 Å². The van der Waals surface area contributed by atoms with Gasteiger partial charge in [-0.25, -0.2) is 0 Å². The molecule has 0 saturated heterocycles. The molecule has 0 radical (unpaired) electrons. The third-order valence-electron chi connectivity index (χ3n) is 2.86. The highest BCUT2D eigenvalue weighted by atomic mass is 16.5. The molecule has 0 amide bonds. The molecule has 4 heteroatoms. The van der Waals surface area contributed by atoms with Crippen molar-refractivity contribution in [3.8, 4) is 5.75 Å². The number of Topliss-reactive ketones (excluding diaryl/α,β-unsaturated/α-hetero) is 1. The zero-order valence-corrected chi connectivity index (χ0v) is 11.5. The second kappa shape index (κ2) is 5.89. The monoisotopic (exact) mass is 263 g/mol. The Kier molecular flexibility index (Phi) is 4.22. The highest BCUT2D eigenvalue weighted by molar-refractivity contribution is 5.96. The summed E-state index contributed by atoms with van der Waals surface area (Å²) in [7, 11) is 0. The van der Waals surface area contributed by atoms with Gasteiger partial charge in [-0.15, -0.1) is 0 Å². The summed E-state index contributed by atoms with van der Waals surface area (Å²) in [6, 6.07) is 7.37. The van der Waals surface area contributed by atoms with Gasteiger partial charge in [-0.3, -0.25) is 4.79 Å². The Bertz CT molecular complexity index is 580. The number of ketones is 1. The van der Waals surface area contributed by atoms with Crippen molar-refractivity contribution in [1.82, 2.24) is 5.32 Å². The summed E-state index contributed by atoms with van der Waals surface area (Å²) < 4.78 is 11.3. The molecule has 1 aromatic carbocycles. The Labute approximate surface area is 114 Å². The number of benzene rings is 1. The normalized spacial score (nSPS) is 12.6. The van der Waals surface area contributed by atoms with Crippen LogP contribution in [0, 0.1) is 0 Å². The number of hydrogen-bond donors (Lipinski definition) is 1. The number of nitrogens with one attached hydrogen (secondary N) is 1. The van der Waals surface area contributed by atoms with Crippen molar-refractivity contribution in [3.63, 3.8) is 0 Å². The largest absolute Gasteiger partial charge is 0.489 e. The van der Waals surface area contributed by atoms with E-state index in [9.17, 15) is 4.79 Å². The molecule has 0 fully saturated rings. The van der Waals surface area contributed by atoms with Crippen LogP contribution < -0.4 is 10.1 Å². The minimum absolute atomic E-state index is 0. The summed E-state index contributed by atoms with van der Waals surface area (Å²) in [4.78, 5) is 11.3. The molecule has 104 valence electrons. The number of rotatable bonds is 6. The first-order valence-electron chi connectivity index (χ1n) is 6.52. The van der Waals surface area contributed by atoms with E-state index < -0.39 is 0 Å². The number of carbonyl (C=O) groups excluding carboxylic acids is 1. The standard InChI is InChI=1S/C15H19NO3.H2/c1-4-16-9-10(2)18-13-6-5-12-7-14(11(3)17)19-15(12)8-13;/h5-8,10,16H,4,9H2,1-3H3;1H/t10-;/m1./s1. The molecular weight excluding hydrogens is 242 g/mol. The molecule has 1 heterocycles. The maximum Gasteiger partial charge on any atom is 0.194 e. The average Bonchev–Trinajstić information content (AvgIpc) is 2.79. The Morgan fingerprint density at radius 3 is 2.95 bits per heavy atom. The Morgan fingerprint density at radius 1 is 1.47 bits per heavy atom. The van der Waals surface area contributed by atoms with Crippen LogP contribution in [0.2, 0.25) is 0 Å². The molecule has 0 aliphatic heterocycles. The second-order valence-electron chi connectivity index (χ2n) is 4.60. The van der Waals surface area contributed by atoms with Crippen LogP contribution in [0.4, 0.5) is 0 Å². The van der Waals surface area contributed by atoms with Crippen molar-refractivity contribution in [3.05, 3.63) is 30.0 Å². The number of carbonyl (C=O) groups is 1. The Hall–Kier alpha value is -1.81. The van der Waals surface area contributed by atoms with Crippen LogP contribution in [0.15, 0.2) is 28.7 Å². The van der Waals surface area contributed by atoms with E-state index in [1.165, 1.54) is 6.92 Å². The molecule has 0 aliphatic rings. The van der Waals surface area contributed by atoms with Crippen molar-refractivity contribution >= 4 is 16.8 Å². The summed E-state index contributed by atoms with van der Waals surface area (Å²) in [6.45, 7) is 7.28. The fraction of sp³-hybridized carbons (Fsp3) is 0.400. The number of likely N-dealkylation sites (N-methyl/N-ethyl adjacent to an activating group) is 1. The zero-order chi connectivity index (χ0) is 13.8. The SMILES string of the molecule is CCNC[C@@H](C)Oc1ccc2cc(C(C)=O)oc2c1.[HH]. The van der Waals surface area contributed by atoms with Gasteiger partial charge in [-0.2, -0.15) is 0 Å². The highest BCUT2D eigenvalue weighted by Crippen LogP contribution is 2.25. The van der Waals surface area contributed by atoms with E-state index >= 15 is 0 Å². The van der Waals surface area contributed by atoms with Gasteiger partial charge in [0.25, 0.3) is 0 Å². The van der Waals surface area contributed by atoms with E-state index in [0.29, 0.717) is 11.3 Å². The first-order chi connectivity index (χ1) is 9.10. The third-order valence-corrected chi connectivity index (χ3v) is 2.86. The molecule has 0 bridgehead atoms. The highest BCUT2D eigenvalue weighted by Gasteiger charge is 2.10. The first kappa shape index (κ1) is 13.6. The lowest BCUT2D eigenvalue weighted by molar-refractivity contribution is 0.0989. The zero-order valence-electron chi connectivity index (χ0n) is 11.5. The summed E-state index contributed by atoms with van der Waals surface area (Å²) in [6.07, 6.45) is 0.0830. The predicted molar refractivity (Wildman–Crippen MR) is 77.0 cm³/mol. The van der Waals surface area contributed by atoms with Gasteiger partial charge in [-0.1, -0.05) is 6.92 Å². The van der Waals surface area contributed by atoms with E-state index in [-0.39, 0.29) is 13.3 Å². The average molecular weight is 263 g/mol. The number of fused-ring (bicyclic) bond motifs is 1. The van der Waals surface area contributed by atoms with Crippen molar-refractivity contribution in [2.24, 2.45) is 0 Å². The topological polar surface area (TPSA) is 51.5 Å². The maximum absolute atomic E-state index is 11.3. The lowest BCUT2D eigenvalue weighted by atomic mass is 10.2. The molecule has 0 spiro atoms. The summed E-state index contributed by atoms with van der Waals surface area (Å²) in [5, 5.41) is 4.15. The molecule has 2 rings (SSSR count). The minimum Gasteiger partial charge on any atom is -0.489 e. The molecule has 4 nitrogen and oxygen atoms in total. The van der Waals surface area contributed by atoms with Gasteiger partial charge in [-0.05, 0) is 31.7 Å². The van der Waals surface area contributed by atoms with Crippen molar-refractivity contribution in [1.29, 1.82) is 0 Å². The minimum atomic E-state index is -0.0702. The van der Waals surface area contributed by atoms with E-state index in [4.69, 9.17) is 9.15 Å². The fourth-order valence-electron chi connectivity index (χ4n) is 1.88. The fourth-order valence-corrected chi connectivity index (χ4v) is 1.88. The van der Waals surface area contributed by atoms with Crippen LogP contribution in [-0.4, -0.2) is 25.0 Å². The molecule has 19 heavy (non-hydrogen) atoms. The predicted octanol–water partition coefficient (Wildman–Crippen LogP) is 3.26. The second-order valence-corrected chi connectivity index (χ2v) is 4.60. The van der Waals surface area contributed by atoms with Gasteiger partial charge in [0.1, 0.15) is 17.4 Å². The smallest absolute Gasteiger partial charge is 0.194 e. The summed E-state index contributed by atoms with van der Waals surface area (Å²) in [5.41, 5.74) is 0.679. The molecule has 1 aromatic heterocycles. The molecule has 2 aromatic rings. The first-order valence-corrected chi connectivity index (χ1v) is 6.52. The maximum atomic E-state index is 11.3. The van der Waals surface area contributed by atoms with Crippen molar-refractivity contribution in [2.75, 3.05) is 13.1 Å². The van der Waals surface area contributed by atoms with Crippen molar-refractivity contribution in [2.45, 2.75) is 26.9 Å². The summed E-state index contributed by atoms with van der Waals surface area (Å²) >= 11 is 0. The molecule has 1 atom stereocenters. The molecule has 0 saturated carbocycles. The molecule has 1 N–H and O–H groups in total. The Balaban J connectivity index is 0.00000200. The Morgan fingerprint density at radius 2 is 2.26 bits per heavy atom. The van der Waals surface area contributed by atoms with Gasteiger partial charge in [0.05, 0.1) is 0 Å². The van der Waals surface area contributed by atoms with E-state index in [2.05, 4.69) is 12.2 Å². The van der Waals surface area contributed by atoms with Crippen LogP contribution in [0.25, 0.3) is 11.0 Å². The van der Waals surface area contributed by atoms with Gasteiger partial charge >= 0.3 is 0 Å². The number of hydrogen-bond acceptors (Lipinski definition) is 4. The lowest BCUT2D eigenvalue weighted by Gasteiger charge is -2.14. The van der Waals surface area contributed by atoms with E-state index in [0.717, 1.165) is 24.2 Å². The molecular formula is C15H21NO3. The number of ether oxygens (including phenoxy) is 1. The number of furan rings is 1. The van der Waals surface area contributed by atoms with Gasteiger partial charge in [0.2, 0.25) is 0 Å². The van der Waals surface area contributed by atoms with Crippen LogP contribution in [0.5, 0.6) is 5.75 Å². The lowest BCUT2D eigenvalue weighted by Crippen LogP contribution is -2.28. The van der Waals surface area contributed by atoms with E-state index in [1.807, 2.05) is 25.1 Å². The molecule has 0 aliphatic carbocycles. The summed E-state index contributed by atoms with van der Waals surface area (Å²) in [5.74, 6) is 1.06. The van der Waals surface area contributed by atoms with Crippen LogP contribution in [0.3, 0.4) is 0 Å². The van der Waals surface area contributed by atoms with Gasteiger partial charge in [0, 0.05) is 26.3 Å². The van der Waals surface area contributed by atoms with Gasteiger partial charge < -0.3 is 14.5 Å². The van der Waals surface area contributed by atoms with Crippen LogP contribution >= 0.6 is 0 Å². The van der Waals surface area contributed by atoms with E-state index in [1.54, 1.807) is 6.07 Å². The third kappa shape index (κ3) is 3.35.